The highest BCUT2D eigenvalue weighted by Gasteiger charge is 2.24. The summed E-state index contributed by atoms with van der Waals surface area (Å²) >= 11 is 3.39. The van der Waals surface area contributed by atoms with Gasteiger partial charge in [0.25, 0.3) is 0 Å². The van der Waals surface area contributed by atoms with Gasteiger partial charge in [0.2, 0.25) is 5.95 Å². The maximum absolute atomic E-state index is 5.79. The van der Waals surface area contributed by atoms with E-state index in [0.29, 0.717) is 5.82 Å². The first-order valence-electron chi connectivity index (χ1n) is 7.48. The lowest BCUT2D eigenvalue weighted by atomic mass is 9.96. The summed E-state index contributed by atoms with van der Waals surface area (Å²) in [6, 6.07) is 1.74. The summed E-state index contributed by atoms with van der Waals surface area (Å²) in [6.45, 7) is 5.94. The molecule has 0 amide bonds. The van der Waals surface area contributed by atoms with Crippen LogP contribution in [0.5, 0.6) is 0 Å². The van der Waals surface area contributed by atoms with Crippen molar-refractivity contribution in [3.63, 3.8) is 0 Å². The second kappa shape index (κ2) is 6.26. The van der Waals surface area contributed by atoms with Gasteiger partial charge in [-0.05, 0) is 60.6 Å². The highest BCUT2D eigenvalue weighted by molar-refractivity contribution is 9.10. The third-order valence-corrected chi connectivity index (χ3v) is 4.72. The Labute approximate surface area is 128 Å². The first kappa shape index (κ1) is 14.1. The number of nitrogen functional groups attached to an aromatic ring is 1. The maximum Gasteiger partial charge on any atom is 0.228 e. The summed E-state index contributed by atoms with van der Waals surface area (Å²) in [4.78, 5) is 13.6. The van der Waals surface area contributed by atoms with Crippen LogP contribution >= 0.6 is 15.9 Å². The largest absolute Gasteiger partial charge is 0.383 e. The number of halogens is 1. The summed E-state index contributed by atoms with van der Waals surface area (Å²) in [5.74, 6) is 2.12. The molecular weight excluding hydrogens is 318 g/mol. The molecule has 1 aromatic heterocycles. The molecule has 110 valence electrons. The van der Waals surface area contributed by atoms with Gasteiger partial charge in [0.15, 0.2) is 0 Å². The van der Waals surface area contributed by atoms with Crippen molar-refractivity contribution >= 4 is 27.7 Å². The maximum atomic E-state index is 5.79. The van der Waals surface area contributed by atoms with Gasteiger partial charge in [-0.3, -0.25) is 0 Å². The van der Waals surface area contributed by atoms with Gasteiger partial charge in [-0.2, -0.15) is 4.98 Å². The zero-order chi connectivity index (χ0) is 13.9. The molecule has 3 heterocycles. The fraction of sp³-hybridized carbons (Fsp3) is 0.714. The van der Waals surface area contributed by atoms with E-state index in [4.69, 9.17) is 5.73 Å². The first-order chi connectivity index (χ1) is 9.70. The Bertz CT molecular complexity index is 433. The van der Waals surface area contributed by atoms with Gasteiger partial charge in [0, 0.05) is 25.7 Å². The molecule has 6 heteroatoms. The van der Waals surface area contributed by atoms with Crippen LogP contribution in [-0.2, 0) is 0 Å². The molecule has 0 unspecified atom stereocenters. The minimum absolute atomic E-state index is 0.529. The Hall–Kier alpha value is -0.880. The lowest BCUT2D eigenvalue weighted by molar-refractivity contribution is 0.249. The molecule has 3 rings (SSSR count). The quantitative estimate of drug-likeness (QED) is 0.855. The molecule has 2 aliphatic heterocycles. The van der Waals surface area contributed by atoms with E-state index in [0.717, 1.165) is 29.6 Å². The summed E-state index contributed by atoms with van der Waals surface area (Å²) in [5, 5.41) is 0. The van der Waals surface area contributed by atoms with Gasteiger partial charge in [-0.15, -0.1) is 0 Å². The number of nitrogens with two attached hydrogens (primary N) is 1. The van der Waals surface area contributed by atoms with Gasteiger partial charge >= 0.3 is 0 Å². The predicted molar refractivity (Wildman–Crippen MR) is 84.8 cm³/mol. The Kier molecular flexibility index (Phi) is 4.41. The van der Waals surface area contributed by atoms with Crippen molar-refractivity contribution < 1.29 is 0 Å². The molecule has 5 nitrogen and oxygen atoms in total. The molecule has 2 saturated heterocycles. The third kappa shape index (κ3) is 3.41. The van der Waals surface area contributed by atoms with Crippen LogP contribution in [0.2, 0.25) is 0 Å². The summed E-state index contributed by atoms with van der Waals surface area (Å²) in [7, 11) is 0. The fourth-order valence-corrected chi connectivity index (χ4v) is 3.60. The fourth-order valence-electron chi connectivity index (χ4n) is 3.21. The van der Waals surface area contributed by atoms with E-state index in [9.17, 15) is 0 Å². The number of likely N-dealkylation sites (tertiary alicyclic amines) is 1. The third-order valence-electron chi connectivity index (χ3n) is 4.32. The van der Waals surface area contributed by atoms with Crippen LogP contribution in [-0.4, -0.2) is 47.6 Å². The minimum atomic E-state index is 0.529. The van der Waals surface area contributed by atoms with Crippen molar-refractivity contribution in [1.29, 1.82) is 0 Å². The highest BCUT2D eigenvalue weighted by Crippen LogP contribution is 2.24. The van der Waals surface area contributed by atoms with Crippen LogP contribution in [0, 0.1) is 5.92 Å². The highest BCUT2D eigenvalue weighted by atomic mass is 79.9. The molecule has 0 saturated carbocycles. The standard InChI is InChI=1S/C14H22BrN5/c15-12-9-13(16)18-14(17-12)20-7-3-11(4-8-20)10-19-5-1-2-6-19/h9,11H,1-8,10H2,(H2,16,17,18). The molecule has 2 aliphatic rings. The lowest BCUT2D eigenvalue weighted by Crippen LogP contribution is -2.39. The van der Waals surface area contributed by atoms with Crippen LogP contribution in [0.15, 0.2) is 10.7 Å². The van der Waals surface area contributed by atoms with Crippen molar-refractivity contribution in [1.82, 2.24) is 14.9 Å². The Morgan fingerprint density at radius 3 is 2.50 bits per heavy atom. The molecule has 0 aliphatic carbocycles. The Morgan fingerprint density at radius 2 is 1.85 bits per heavy atom. The molecule has 0 radical (unpaired) electrons. The normalized spacial score (nSPS) is 21.6. The van der Waals surface area contributed by atoms with Crippen molar-refractivity contribution in [2.24, 2.45) is 5.92 Å². The molecule has 0 bridgehead atoms. The number of nitrogens with zero attached hydrogens (tertiary/aromatic N) is 4. The number of hydrogen-bond donors (Lipinski definition) is 1. The van der Waals surface area contributed by atoms with Gasteiger partial charge in [0.1, 0.15) is 10.4 Å². The predicted octanol–water partition coefficient (Wildman–Crippen LogP) is 2.13. The summed E-state index contributed by atoms with van der Waals surface area (Å²) in [6.07, 6.45) is 5.21. The Morgan fingerprint density at radius 1 is 1.15 bits per heavy atom. The van der Waals surface area contributed by atoms with E-state index >= 15 is 0 Å². The van der Waals surface area contributed by atoms with E-state index < -0.39 is 0 Å². The number of piperidine rings is 1. The average Bonchev–Trinajstić information content (AvgIpc) is 2.91. The number of rotatable bonds is 3. The van der Waals surface area contributed by atoms with Crippen LogP contribution < -0.4 is 10.6 Å². The number of anilines is 2. The molecule has 2 fully saturated rings. The SMILES string of the molecule is Nc1cc(Br)nc(N2CCC(CN3CCCC3)CC2)n1. The first-order valence-corrected chi connectivity index (χ1v) is 8.27. The zero-order valence-corrected chi connectivity index (χ0v) is 13.3. The van der Waals surface area contributed by atoms with E-state index in [-0.39, 0.29) is 0 Å². The lowest BCUT2D eigenvalue weighted by Gasteiger charge is -2.33. The number of hydrogen-bond acceptors (Lipinski definition) is 5. The average molecular weight is 340 g/mol. The van der Waals surface area contributed by atoms with Crippen LogP contribution in [0.1, 0.15) is 25.7 Å². The van der Waals surface area contributed by atoms with E-state index in [2.05, 4.69) is 35.7 Å². The summed E-state index contributed by atoms with van der Waals surface area (Å²) in [5.41, 5.74) is 5.79. The molecule has 1 aromatic rings. The van der Waals surface area contributed by atoms with Crippen molar-refractivity contribution in [2.45, 2.75) is 25.7 Å². The second-order valence-electron chi connectivity index (χ2n) is 5.85. The van der Waals surface area contributed by atoms with Crippen molar-refractivity contribution in [2.75, 3.05) is 43.4 Å². The monoisotopic (exact) mass is 339 g/mol. The van der Waals surface area contributed by atoms with Crippen LogP contribution in [0.25, 0.3) is 0 Å². The van der Waals surface area contributed by atoms with Crippen molar-refractivity contribution in [3.8, 4) is 0 Å². The molecular formula is C14H22BrN5. The Balaban J connectivity index is 1.55. The van der Waals surface area contributed by atoms with E-state index in [1.54, 1.807) is 6.07 Å². The zero-order valence-electron chi connectivity index (χ0n) is 11.8. The second-order valence-corrected chi connectivity index (χ2v) is 6.67. The van der Waals surface area contributed by atoms with Crippen molar-refractivity contribution in [3.05, 3.63) is 10.7 Å². The van der Waals surface area contributed by atoms with Gasteiger partial charge in [-0.1, -0.05) is 0 Å². The van der Waals surface area contributed by atoms with E-state index in [1.807, 2.05) is 0 Å². The number of aromatic nitrogens is 2. The minimum Gasteiger partial charge on any atom is -0.383 e. The molecule has 2 N–H and O–H groups in total. The smallest absolute Gasteiger partial charge is 0.228 e. The van der Waals surface area contributed by atoms with E-state index in [1.165, 1.54) is 45.3 Å². The molecule has 0 aromatic carbocycles. The molecule has 20 heavy (non-hydrogen) atoms. The van der Waals surface area contributed by atoms with Crippen LogP contribution in [0.4, 0.5) is 11.8 Å². The van der Waals surface area contributed by atoms with Gasteiger partial charge in [-0.25, -0.2) is 4.98 Å². The van der Waals surface area contributed by atoms with Gasteiger partial charge < -0.3 is 15.5 Å². The van der Waals surface area contributed by atoms with Crippen LogP contribution in [0.3, 0.4) is 0 Å². The molecule has 0 atom stereocenters. The summed E-state index contributed by atoms with van der Waals surface area (Å²) < 4.78 is 0.763. The topological polar surface area (TPSA) is 58.3 Å². The van der Waals surface area contributed by atoms with Gasteiger partial charge in [0.05, 0.1) is 0 Å². The molecule has 0 spiro atoms.